The summed E-state index contributed by atoms with van der Waals surface area (Å²) in [6, 6.07) is 0. The molecule has 0 saturated carbocycles. The summed E-state index contributed by atoms with van der Waals surface area (Å²) >= 11 is 0. The molecule has 0 aliphatic rings. The van der Waals surface area contributed by atoms with Gasteiger partial charge in [0.15, 0.2) is 0 Å². The molecular weight excluding hydrogens is 263 g/mol. The van der Waals surface area contributed by atoms with E-state index in [0.29, 0.717) is 0 Å². The van der Waals surface area contributed by atoms with E-state index in [1.165, 1.54) is 0 Å². The average molecular weight is 276 g/mol. The predicted octanol–water partition coefficient (Wildman–Crippen LogP) is -5.28. The molecule has 0 fully saturated rings. The Bertz CT molecular complexity index is 220. The van der Waals surface area contributed by atoms with Crippen molar-refractivity contribution in [3.8, 4) is 0 Å². The standard InChI is InChI=1S/2C4H6O4.Na.H2O/c2*5-3(6)1-2-4(7)8;;/h2*1-2H2,(H,5,6)(H,7,8);;1H2/q;;+1;/p-1. The van der Waals surface area contributed by atoms with E-state index in [2.05, 4.69) is 0 Å². The molecule has 18 heavy (non-hydrogen) atoms. The summed E-state index contributed by atoms with van der Waals surface area (Å²) < 4.78 is 0. The second-order valence-electron chi connectivity index (χ2n) is 2.55. The number of rotatable bonds is 6. The maximum atomic E-state index is 9.64. The first-order valence-corrected chi connectivity index (χ1v) is 4.11. The number of carboxylic acid groups (broad SMARTS) is 4. The van der Waals surface area contributed by atoms with Crippen LogP contribution in [-0.2, 0) is 19.2 Å². The first-order valence-electron chi connectivity index (χ1n) is 4.11. The summed E-state index contributed by atoms with van der Waals surface area (Å²) in [5, 5.41) is 33.2. The number of hydrogen-bond acceptors (Lipinski definition) is 5. The van der Waals surface area contributed by atoms with E-state index in [0.717, 1.165) is 0 Å². The Morgan fingerprint density at radius 2 is 0.944 bits per heavy atom. The second-order valence-corrected chi connectivity index (χ2v) is 2.55. The molecule has 0 aromatic rings. The summed E-state index contributed by atoms with van der Waals surface area (Å²) in [6.45, 7) is 0. The van der Waals surface area contributed by atoms with Gasteiger partial charge in [0.05, 0.1) is 19.3 Å². The fourth-order valence-electron chi connectivity index (χ4n) is 0.423. The third-order valence-electron chi connectivity index (χ3n) is 1.10. The maximum Gasteiger partial charge on any atom is 1.00 e. The molecule has 0 aliphatic carbocycles. The van der Waals surface area contributed by atoms with E-state index in [4.69, 9.17) is 15.3 Å². The van der Waals surface area contributed by atoms with Gasteiger partial charge in [-0.05, 0) is 6.42 Å². The molecule has 5 N–H and O–H groups in total. The van der Waals surface area contributed by atoms with Crippen molar-refractivity contribution < 1.29 is 74.6 Å². The van der Waals surface area contributed by atoms with E-state index >= 15 is 0 Å². The first kappa shape index (κ1) is 25.6. The average Bonchev–Trinajstić information content (AvgIpc) is 2.12. The summed E-state index contributed by atoms with van der Waals surface area (Å²) in [5.41, 5.74) is 0. The molecule has 9 nitrogen and oxygen atoms in total. The molecule has 0 aromatic carbocycles. The molecule has 0 atom stereocenters. The molecule has 0 radical (unpaired) electrons. The van der Waals surface area contributed by atoms with E-state index < -0.39 is 30.3 Å². The number of aliphatic carboxylic acids is 4. The van der Waals surface area contributed by atoms with Crippen LogP contribution >= 0.6 is 0 Å². The van der Waals surface area contributed by atoms with Crippen LogP contribution in [0, 0.1) is 0 Å². The van der Waals surface area contributed by atoms with Crippen molar-refractivity contribution in [1.29, 1.82) is 0 Å². The van der Waals surface area contributed by atoms with Gasteiger partial charge in [0.2, 0.25) is 0 Å². The zero-order valence-electron chi connectivity index (χ0n) is 9.71. The number of carbonyl (C=O) groups excluding carboxylic acids is 1. The number of carboxylic acids is 4. The van der Waals surface area contributed by atoms with Crippen LogP contribution in [0.1, 0.15) is 25.7 Å². The largest absolute Gasteiger partial charge is 1.00 e. The predicted molar refractivity (Wildman–Crippen MR) is 50.0 cm³/mol. The molecule has 0 bridgehead atoms. The van der Waals surface area contributed by atoms with Gasteiger partial charge >= 0.3 is 47.5 Å². The van der Waals surface area contributed by atoms with Crippen molar-refractivity contribution in [2.24, 2.45) is 0 Å². The molecule has 0 aromatic heterocycles. The molecule has 10 heteroatoms. The van der Waals surface area contributed by atoms with Gasteiger partial charge in [0, 0.05) is 5.97 Å². The molecule has 0 amide bonds. The van der Waals surface area contributed by atoms with Crippen molar-refractivity contribution in [1.82, 2.24) is 0 Å². The Balaban J connectivity index is -0.0000000980. The Morgan fingerprint density at radius 1 is 0.722 bits per heavy atom. The first-order chi connectivity index (χ1) is 7.25. The Hall–Kier alpha value is -1.16. The van der Waals surface area contributed by atoms with Crippen molar-refractivity contribution >= 4 is 23.9 Å². The molecule has 100 valence electrons. The normalized spacial score (nSPS) is 7.56. The van der Waals surface area contributed by atoms with Crippen LogP contribution in [0.2, 0.25) is 0 Å². The van der Waals surface area contributed by atoms with Crippen molar-refractivity contribution in [2.75, 3.05) is 0 Å². The third kappa shape index (κ3) is 36.4. The molecule has 0 spiro atoms. The Labute approximate surface area is 124 Å². The zero-order valence-corrected chi connectivity index (χ0v) is 11.7. The molecule has 0 unspecified atom stereocenters. The SMILES string of the molecule is O.O=C(O)CCC(=O)O.O=C([O-])CCC(=O)O.[Na+]. The van der Waals surface area contributed by atoms with E-state index in [1.54, 1.807) is 0 Å². The molecule has 0 aliphatic heterocycles. The van der Waals surface area contributed by atoms with Crippen molar-refractivity contribution in [3.63, 3.8) is 0 Å². The molecule has 0 saturated heterocycles. The monoisotopic (exact) mass is 276 g/mol. The Morgan fingerprint density at radius 3 is 1.06 bits per heavy atom. The van der Waals surface area contributed by atoms with Gasteiger partial charge in [-0.25, -0.2) is 0 Å². The molecular formula is C8H13NaO9. The number of hydrogen-bond donors (Lipinski definition) is 3. The van der Waals surface area contributed by atoms with Crippen LogP contribution in [0.15, 0.2) is 0 Å². The summed E-state index contributed by atoms with van der Waals surface area (Å²) in [5.74, 6) is -4.60. The van der Waals surface area contributed by atoms with Gasteiger partial charge < -0.3 is 30.7 Å². The van der Waals surface area contributed by atoms with Crippen molar-refractivity contribution in [2.45, 2.75) is 25.7 Å². The Kier molecular flexibility index (Phi) is 22.6. The minimum Gasteiger partial charge on any atom is -0.550 e. The van der Waals surface area contributed by atoms with E-state index in [9.17, 15) is 24.3 Å². The minimum atomic E-state index is -1.33. The van der Waals surface area contributed by atoms with Crippen LogP contribution in [0.3, 0.4) is 0 Å². The summed E-state index contributed by atoms with van der Waals surface area (Å²) in [7, 11) is 0. The molecule has 0 heterocycles. The van der Waals surface area contributed by atoms with Gasteiger partial charge in [-0.2, -0.15) is 0 Å². The summed E-state index contributed by atoms with van der Waals surface area (Å²) in [4.78, 5) is 38.4. The zero-order chi connectivity index (χ0) is 13.1. The van der Waals surface area contributed by atoms with Crippen LogP contribution < -0.4 is 34.7 Å². The van der Waals surface area contributed by atoms with Gasteiger partial charge in [-0.1, -0.05) is 0 Å². The quantitative estimate of drug-likeness (QED) is 0.401. The third-order valence-corrected chi connectivity index (χ3v) is 1.10. The van der Waals surface area contributed by atoms with Gasteiger partial charge in [-0.3, -0.25) is 14.4 Å². The van der Waals surface area contributed by atoms with Crippen LogP contribution in [0.5, 0.6) is 0 Å². The van der Waals surface area contributed by atoms with Crippen LogP contribution in [-0.4, -0.2) is 44.7 Å². The topological polar surface area (TPSA) is 184 Å². The van der Waals surface area contributed by atoms with Gasteiger partial charge in [0.25, 0.3) is 0 Å². The fraction of sp³-hybridized carbons (Fsp3) is 0.500. The maximum absolute atomic E-state index is 9.64. The molecule has 0 rings (SSSR count). The van der Waals surface area contributed by atoms with E-state index in [-0.39, 0.29) is 54.3 Å². The summed E-state index contributed by atoms with van der Waals surface area (Å²) in [6.07, 6.45) is -1.36. The van der Waals surface area contributed by atoms with E-state index in [1.807, 2.05) is 0 Å². The van der Waals surface area contributed by atoms with Crippen molar-refractivity contribution in [3.05, 3.63) is 0 Å². The van der Waals surface area contributed by atoms with Gasteiger partial charge in [0.1, 0.15) is 0 Å². The smallest absolute Gasteiger partial charge is 0.550 e. The number of carbonyl (C=O) groups is 4. The van der Waals surface area contributed by atoms with Crippen LogP contribution in [0.25, 0.3) is 0 Å². The van der Waals surface area contributed by atoms with Gasteiger partial charge in [-0.15, -0.1) is 0 Å². The second kappa shape index (κ2) is 15.8. The fourth-order valence-corrected chi connectivity index (χ4v) is 0.423. The van der Waals surface area contributed by atoms with Crippen LogP contribution in [0.4, 0.5) is 0 Å². The minimum absolute atomic E-state index is 0.